The van der Waals surface area contributed by atoms with E-state index in [-0.39, 0.29) is 0 Å². The van der Waals surface area contributed by atoms with Crippen LogP contribution in [0.4, 0.5) is 0 Å². The Hall–Kier alpha value is -1.86. The third-order valence-electron chi connectivity index (χ3n) is 5.70. The molecule has 3 rings (SSSR count). The summed E-state index contributed by atoms with van der Waals surface area (Å²) < 4.78 is 5.62. The second-order valence-corrected chi connectivity index (χ2v) is 7.82. The molecule has 27 heavy (non-hydrogen) atoms. The van der Waals surface area contributed by atoms with E-state index < -0.39 is 0 Å². The van der Waals surface area contributed by atoms with Crippen molar-refractivity contribution in [2.45, 2.75) is 64.9 Å². The topological polar surface area (TPSA) is 9.23 Å². The predicted molar refractivity (Wildman–Crippen MR) is 116 cm³/mol. The SMILES string of the molecule is CCC=CC1CCC(c2ccc(-c3ccc(COCCC)cc3)cc2)CC1. The van der Waals surface area contributed by atoms with Gasteiger partial charge in [0.25, 0.3) is 0 Å². The summed E-state index contributed by atoms with van der Waals surface area (Å²) in [5, 5.41) is 0. The van der Waals surface area contributed by atoms with Crippen LogP contribution in [0.1, 0.15) is 69.4 Å². The molecule has 0 spiro atoms. The molecule has 0 atom stereocenters. The summed E-state index contributed by atoms with van der Waals surface area (Å²) in [7, 11) is 0. The van der Waals surface area contributed by atoms with E-state index >= 15 is 0 Å². The van der Waals surface area contributed by atoms with Gasteiger partial charge in [-0.3, -0.25) is 0 Å². The highest BCUT2D eigenvalue weighted by Crippen LogP contribution is 2.37. The first-order valence-electron chi connectivity index (χ1n) is 10.7. The maximum Gasteiger partial charge on any atom is 0.0716 e. The molecular formula is C26H34O. The number of allylic oxidation sites excluding steroid dienone is 2. The van der Waals surface area contributed by atoms with E-state index in [2.05, 4.69) is 74.5 Å². The summed E-state index contributed by atoms with van der Waals surface area (Å²) in [6.07, 6.45) is 12.3. The van der Waals surface area contributed by atoms with Gasteiger partial charge in [-0.15, -0.1) is 0 Å². The van der Waals surface area contributed by atoms with Crippen molar-refractivity contribution in [3.05, 3.63) is 71.8 Å². The smallest absolute Gasteiger partial charge is 0.0716 e. The minimum absolute atomic E-state index is 0.711. The van der Waals surface area contributed by atoms with Gasteiger partial charge in [0.05, 0.1) is 6.61 Å². The van der Waals surface area contributed by atoms with Crippen molar-refractivity contribution in [3.8, 4) is 11.1 Å². The molecule has 1 saturated carbocycles. The highest BCUT2D eigenvalue weighted by atomic mass is 16.5. The molecule has 1 fully saturated rings. The van der Waals surface area contributed by atoms with Crippen molar-refractivity contribution < 1.29 is 4.74 Å². The molecule has 0 aliphatic heterocycles. The van der Waals surface area contributed by atoms with Crippen LogP contribution in [0, 0.1) is 5.92 Å². The van der Waals surface area contributed by atoms with Crippen molar-refractivity contribution in [2.75, 3.05) is 6.61 Å². The van der Waals surface area contributed by atoms with Gasteiger partial charge < -0.3 is 4.74 Å². The Morgan fingerprint density at radius 3 is 2.07 bits per heavy atom. The number of ether oxygens (including phenoxy) is 1. The molecule has 0 N–H and O–H groups in total. The molecule has 1 heteroatoms. The van der Waals surface area contributed by atoms with E-state index in [9.17, 15) is 0 Å². The third kappa shape index (κ3) is 5.81. The Balaban J connectivity index is 1.56. The quantitative estimate of drug-likeness (QED) is 0.348. The van der Waals surface area contributed by atoms with Gasteiger partial charge in [0, 0.05) is 6.61 Å². The van der Waals surface area contributed by atoms with Crippen LogP contribution in [0.2, 0.25) is 0 Å². The van der Waals surface area contributed by atoms with Crippen molar-refractivity contribution >= 4 is 0 Å². The lowest BCUT2D eigenvalue weighted by Gasteiger charge is -2.27. The van der Waals surface area contributed by atoms with Crippen molar-refractivity contribution in [2.24, 2.45) is 5.92 Å². The molecule has 0 amide bonds. The Morgan fingerprint density at radius 1 is 0.852 bits per heavy atom. The zero-order chi connectivity index (χ0) is 18.9. The Labute approximate surface area is 165 Å². The Kier molecular flexibility index (Phi) is 7.71. The summed E-state index contributed by atoms with van der Waals surface area (Å²) in [6, 6.07) is 18.1. The summed E-state index contributed by atoms with van der Waals surface area (Å²) >= 11 is 0. The fraction of sp³-hybridized carbons (Fsp3) is 0.462. The van der Waals surface area contributed by atoms with Gasteiger partial charge in [0.2, 0.25) is 0 Å². The zero-order valence-corrected chi connectivity index (χ0v) is 17.0. The first-order chi connectivity index (χ1) is 13.3. The van der Waals surface area contributed by atoms with Gasteiger partial charge in [-0.2, -0.15) is 0 Å². The van der Waals surface area contributed by atoms with Crippen LogP contribution in [-0.4, -0.2) is 6.61 Å². The van der Waals surface area contributed by atoms with Crippen molar-refractivity contribution in [1.29, 1.82) is 0 Å². The molecule has 0 unspecified atom stereocenters. The summed E-state index contributed by atoms with van der Waals surface area (Å²) in [5.41, 5.74) is 5.35. The van der Waals surface area contributed by atoms with E-state index in [0.29, 0.717) is 6.61 Å². The summed E-state index contributed by atoms with van der Waals surface area (Å²) in [5.74, 6) is 1.55. The number of hydrogen-bond acceptors (Lipinski definition) is 1. The first-order valence-corrected chi connectivity index (χ1v) is 10.7. The maximum atomic E-state index is 5.62. The summed E-state index contributed by atoms with van der Waals surface area (Å²) in [6.45, 7) is 5.91. The number of rotatable bonds is 8. The second kappa shape index (κ2) is 10.5. The van der Waals surface area contributed by atoms with E-state index in [4.69, 9.17) is 4.74 Å². The average molecular weight is 363 g/mol. The van der Waals surface area contributed by atoms with Crippen LogP contribution in [0.5, 0.6) is 0 Å². The van der Waals surface area contributed by atoms with E-state index in [1.165, 1.54) is 47.9 Å². The maximum absolute atomic E-state index is 5.62. The van der Waals surface area contributed by atoms with Gasteiger partial charge in [-0.1, -0.05) is 74.5 Å². The normalized spacial score (nSPS) is 20.2. The van der Waals surface area contributed by atoms with Crippen LogP contribution in [0.3, 0.4) is 0 Å². The van der Waals surface area contributed by atoms with Gasteiger partial charge in [0.15, 0.2) is 0 Å². The minimum Gasteiger partial charge on any atom is -0.377 e. The molecule has 1 aliphatic rings. The lowest BCUT2D eigenvalue weighted by Crippen LogP contribution is -2.11. The molecule has 0 radical (unpaired) electrons. The molecular weight excluding hydrogens is 328 g/mol. The van der Waals surface area contributed by atoms with Gasteiger partial charge in [-0.25, -0.2) is 0 Å². The molecule has 1 nitrogen and oxygen atoms in total. The third-order valence-corrected chi connectivity index (χ3v) is 5.70. The zero-order valence-electron chi connectivity index (χ0n) is 17.0. The monoisotopic (exact) mass is 362 g/mol. The fourth-order valence-corrected chi connectivity index (χ4v) is 4.05. The minimum atomic E-state index is 0.711. The average Bonchev–Trinajstić information content (AvgIpc) is 2.73. The fourth-order valence-electron chi connectivity index (χ4n) is 4.05. The van der Waals surface area contributed by atoms with Gasteiger partial charge in [-0.05, 0) is 72.6 Å². The molecule has 0 bridgehead atoms. The molecule has 2 aromatic rings. The Bertz CT molecular complexity index is 688. The van der Waals surface area contributed by atoms with Crippen LogP contribution in [-0.2, 0) is 11.3 Å². The van der Waals surface area contributed by atoms with Crippen LogP contribution in [0.15, 0.2) is 60.7 Å². The molecule has 0 saturated heterocycles. The molecule has 0 heterocycles. The van der Waals surface area contributed by atoms with Crippen molar-refractivity contribution in [3.63, 3.8) is 0 Å². The highest BCUT2D eigenvalue weighted by Gasteiger charge is 2.20. The van der Waals surface area contributed by atoms with E-state index in [1.54, 1.807) is 0 Å². The lowest BCUT2D eigenvalue weighted by atomic mass is 9.78. The first kappa shape index (κ1) is 19.9. The molecule has 0 aromatic heterocycles. The summed E-state index contributed by atoms with van der Waals surface area (Å²) in [4.78, 5) is 0. The number of hydrogen-bond donors (Lipinski definition) is 0. The van der Waals surface area contributed by atoms with Crippen molar-refractivity contribution in [1.82, 2.24) is 0 Å². The largest absolute Gasteiger partial charge is 0.377 e. The number of benzene rings is 2. The standard InChI is InChI=1S/C26H34O/c1-3-5-6-21-7-11-23(12-8-21)25-15-17-26(18-16-25)24-13-9-22(10-14-24)20-27-19-4-2/h5-6,9-10,13-18,21,23H,3-4,7-8,11-12,19-20H2,1-2H3. The highest BCUT2D eigenvalue weighted by molar-refractivity contribution is 5.64. The lowest BCUT2D eigenvalue weighted by molar-refractivity contribution is 0.121. The Morgan fingerprint density at radius 2 is 1.48 bits per heavy atom. The van der Waals surface area contributed by atoms with E-state index in [1.807, 2.05) is 0 Å². The van der Waals surface area contributed by atoms with Gasteiger partial charge >= 0.3 is 0 Å². The molecule has 1 aliphatic carbocycles. The molecule has 2 aromatic carbocycles. The second-order valence-electron chi connectivity index (χ2n) is 7.82. The predicted octanol–water partition coefficient (Wildman–Crippen LogP) is 7.52. The van der Waals surface area contributed by atoms with Crippen LogP contribution in [0.25, 0.3) is 11.1 Å². The molecule has 144 valence electrons. The van der Waals surface area contributed by atoms with Gasteiger partial charge in [0.1, 0.15) is 0 Å². The van der Waals surface area contributed by atoms with E-state index in [0.717, 1.165) is 31.3 Å². The van der Waals surface area contributed by atoms with Crippen LogP contribution >= 0.6 is 0 Å². The van der Waals surface area contributed by atoms with Crippen LogP contribution < -0.4 is 0 Å².